The summed E-state index contributed by atoms with van der Waals surface area (Å²) in [5, 5.41) is 7.42. The third kappa shape index (κ3) is 1.94. The Morgan fingerprint density at radius 2 is 2.15 bits per heavy atom. The number of Topliss-reactive ketones (excluding diaryl/α,β-unsaturated/α-hetero) is 1. The van der Waals surface area contributed by atoms with E-state index < -0.39 is 0 Å². The van der Waals surface area contributed by atoms with Crippen molar-refractivity contribution < 1.29 is 4.79 Å². The Hall–Kier alpha value is -1.19. The van der Waals surface area contributed by atoms with E-state index in [1.165, 1.54) is 10.9 Å². The number of rotatable bonds is 4. The highest BCUT2D eigenvalue weighted by Gasteiger charge is 2.19. The molecule has 0 bridgehead atoms. The second-order valence-electron chi connectivity index (χ2n) is 3.12. The van der Waals surface area contributed by atoms with Crippen LogP contribution in [0.5, 0.6) is 0 Å². The van der Waals surface area contributed by atoms with Crippen molar-refractivity contribution in [3.05, 3.63) is 11.9 Å². The molecule has 0 saturated carbocycles. The van der Waals surface area contributed by atoms with Crippen LogP contribution in [0.2, 0.25) is 0 Å². The third-order valence-electron chi connectivity index (χ3n) is 2.32. The molecule has 0 N–H and O–H groups in total. The minimum atomic E-state index is 0.109. The summed E-state index contributed by atoms with van der Waals surface area (Å²) < 4.78 is 1.53. The van der Waals surface area contributed by atoms with Gasteiger partial charge in [0.1, 0.15) is 5.69 Å². The standard InChI is InChI=1S/C9H15N3O/c1-4-7(5-2)9(13)8-6-10-11-12(8)3/h6-7H,4-5H2,1-3H3. The third-order valence-corrected chi connectivity index (χ3v) is 2.32. The van der Waals surface area contributed by atoms with Crippen molar-refractivity contribution in [3.63, 3.8) is 0 Å². The van der Waals surface area contributed by atoms with Crippen LogP contribution >= 0.6 is 0 Å². The highest BCUT2D eigenvalue weighted by Crippen LogP contribution is 2.13. The van der Waals surface area contributed by atoms with Crippen LogP contribution in [0.15, 0.2) is 6.20 Å². The Morgan fingerprint density at radius 3 is 2.54 bits per heavy atom. The van der Waals surface area contributed by atoms with Gasteiger partial charge in [-0.3, -0.25) is 4.79 Å². The van der Waals surface area contributed by atoms with E-state index in [2.05, 4.69) is 10.3 Å². The zero-order chi connectivity index (χ0) is 9.84. The number of carbonyl (C=O) groups is 1. The summed E-state index contributed by atoms with van der Waals surface area (Å²) in [5.41, 5.74) is 0.605. The van der Waals surface area contributed by atoms with Gasteiger partial charge in [0.2, 0.25) is 0 Å². The smallest absolute Gasteiger partial charge is 0.185 e. The number of hydrogen-bond acceptors (Lipinski definition) is 3. The van der Waals surface area contributed by atoms with E-state index in [1.54, 1.807) is 7.05 Å². The van der Waals surface area contributed by atoms with Crippen molar-refractivity contribution in [1.29, 1.82) is 0 Å². The quantitative estimate of drug-likeness (QED) is 0.660. The molecule has 1 aromatic rings. The minimum Gasteiger partial charge on any atom is -0.292 e. The van der Waals surface area contributed by atoms with Crippen LogP contribution in [0.25, 0.3) is 0 Å². The van der Waals surface area contributed by atoms with Gasteiger partial charge in [-0.15, -0.1) is 5.10 Å². The van der Waals surface area contributed by atoms with Crippen LogP contribution in [0, 0.1) is 5.92 Å². The van der Waals surface area contributed by atoms with Crippen LogP contribution in [-0.4, -0.2) is 20.8 Å². The van der Waals surface area contributed by atoms with Crippen molar-refractivity contribution in [2.45, 2.75) is 26.7 Å². The number of aromatic nitrogens is 3. The number of ketones is 1. The number of hydrogen-bond donors (Lipinski definition) is 0. The van der Waals surface area contributed by atoms with Gasteiger partial charge in [0.15, 0.2) is 5.78 Å². The van der Waals surface area contributed by atoms with Gasteiger partial charge in [-0.25, -0.2) is 4.68 Å². The van der Waals surface area contributed by atoms with Crippen LogP contribution in [0.3, 0.4) is 0 Å². The molecule has 0 spiro atoms. The predicted octanol–water partition coefficient (Wildman–Crippen LogP) is 1.43. The summed E-state index contributed by atoms with van der Waals surface area (Å²) in [6.45, 7) is 4.05. The number of carbonyl (C=O) groups excluding carboxylic acids is 1. The SMILES string of the molecule is CCC(CC)C(=O)c1cnnn1C. The van der Waals surface area contributed by atoms with Gasteiger partial charge in [-0.2, -0.15) is 0 Å². The van der Waals surface area contributed by atoms with E-state index in [9.17, 15) is 4.79 Å². The molecule has 0 unspecified atom stereocenters. The molecular weight excluding hydrogens is 166 g/mol. The van der Waals surface area contributed by atoms with Gasteiger partial charge >= 0.3 is 0 Å². The molecule has 0 amide bonds. The maximum atomic E-state index is 11.8. The lowest BCUT2D eigenvalue weighted by Gasteiger charge is -2.09. The summed E-state index contributed by atoms with van der Waals surface area (Å²) in [4.78, 5) is 11.8. The van der Waals surface area contributed by atoms with Gasteiger partial charge < -0.3 is 0 Å². The molecule has 1 heterocycles. The lowest BCUT2D eigenvalue weighted by atomic mass is 9.96. The fourth-order valence-corrected chi connectivity index (χ4v) is 1.38. The highest BCUT2D eigenvalue weighted by molar-refractivity contribution is 5.95. The molecule has 0 aliphatic carbocycles. The Balaban J connectivity index is 2.84. The van der Waals surface area contributed by atoms with Gasteiger partial charge in [0.05, 0.1) is 6.20 Å². The van der Waals surface area contributed by atoms with Crippen molar-refractivity contribution in [2.24, 2.45) is 13.0 Å². The molecule has 72 valence electrons. The van der Waals surface area contributed by atoms with Crippen molar-refractivity contribution in [1.82, 2.24) is 15.0 Å². The van der Waals surface area contributed by atoms with Crippen LogP contribution in [-0.2, 0) is 7.05 Å². The average Bonchev–Trinajstić information content (AvgIpc) is 2.53. The molecule has 0 fully saturated rings. The zero-order valence-corrected chi connectivity index (χ0v) is 8.32. The Bertz CT molecular complexity index is 289. The van der Waals surface area contributed by atoms with E-state index in [1.807, 2.05) is 13.8 Å². The molecule has 1 rings (SSSR count). The summed E-state index contributed by atoms with van der Waals surface area (Å²) in [5.74, 6) is 0.259. The maximum Gasteiger partial charge on any atom is 0.185 e. The fraction of sp³-hybridized carbons (Fsp3) is 0.667. The molecule has 13 heavy (non-hydrogen) atoms. The summed E-state index contributed by atoms with van der Waals surface area (Å²) in [6, 6.07) is 0. The number of aryl methyl sites for hydroxylation is 1. The Labute approximate surface area is 77.9 Å². The van der Waals surface area contributed by atoms with E-state index in [0.717, 1.165) is 12.8 Å². The average molecular weight is 181 g/mol. The second kappa shape index (κ2) is 4.16. The predicted molar refractivity (Wildman–Crippen MR) is 49.4 cm³/mol. The first-order valence-electron chi connectivity index (χ1n) is 4.59. The normalized spacial score (nSPS) is 10.8. The summed E-state index contributed by atoms with van der Waals surface area (Å²) in [6.07, 6.45) is 3.28. The lowest BCUT2D eigenvalue weighted by molar-refractivity contribution is 0.0903. The zero-order valence-electron chi connectivity index (χ0n) is 8.32. The van der Waals surface area contributed by atoms with Crippen molar-refractivity contribution >= 4 is 5.78 Å². The highest BCUT2D eigenvalue weighted by atomic mass is 16.1. The van der Waals surface area contributed by atoms with Crippen molar-refractivity contribution in [2.75, 3.05) is 0 Å². The Morgan fingerprint density at radius 1 is 1.54 bits per heavy atom. The first-order chi connectivity index (χ1) is 6.20. The van der Waals surface area contributed by atoms with Crippen LogP contribution < -0.4 is 0 Å². The monoisotopic (exact) mass is 181 g/mol. The van der Waals surface area contributed by atoms with Gasteiger partial charge in [-0.05, 0) is 12.8 Å². The second-order valence-corrected chi connectivity index (χ2v) is 3.12. The molecule has 0 aliphatic heterocycles. The van der Waals surface area contributed by atoms with Crippen LogP contribution in [0.1, 0.15) is 37.2 Å². The van der Waals surface area contributed by atoms with Gasteiger partial charge in [-0.1, -0.05) is 19.1 Å². The van der Waals surface area contributed by atoms with Crippen molar-refractivity contribution in [3.8, 4) is 0 Å². The maximum absolute atomic E-state index is 11.8. The molecule has 0 saturated heterocycles. The molecule has 4 heteroatoms. The summed E-state index contributed by atoms with van der Waals surface area (Å²) in [7, 11) is 1.74. The van der Waals surface area contributed by atoms with Gasteiger partial charge in [0.25, 0.3) is 0 Å². The minimum absolute atomic E-state index is 0.109. The first-order valence-corrected chi connectivity index (χ1v) is 4.59. The van der Waals surface area contributed by atoms with Gasteiger partial charge in [0, 0.05) is 13.0 Å². The van der Waals surface area contributed by atoms with E-state index in [0.29, 0.717) is 5.69 Å². The Kier molecular flexibility index (Phi) is 3.17. The first kappa shape index (κ1) is 9.89. The molecule has 0 radical (unpaired) electrons. The molecule has 4 nitrogen and oxygen atoms in total. The molecule has 1 aromatic heterocycles. The topological polar surface area (TPSA) is 47.8 Å². The summed E-state index contributed by atoms with van der Waals surface area (Å²) >= 11 is 0. The molecular formula is C9H15N3O. The number of nitrogens with zero attached hydrogens (tertiary/aromatic N) is 3. The molecule has 0 aromatic carbocycles. The van der Waals surface area contributed by atoms with Crippen LogP contribution in [0.4, 0.5) is 0 Å². The van der Waals surface area contributed by atoms with E-state index in [4.69, 9.17) is 0 Å². The van der Waals surface area contributed by atoms with E-state index in [-0.39, 0.29) is 11.7 Å². The largest absolute Gasteiger partial charge is 0.292 e. The fourth-order valence-electron chi connectivity index (χ4n) is 1.38. The van der Waals surface area contributed by atoms with E-state index >= 15 is 0 Å². The lowest BCUT2D eigenvalue weighted by Crippen LogP contribution is -2.16. The molecule has 0 aliphatic rings. The molecule has 0 atom stereocenters.